The van der Waals surface area contributed by atoms with Crippen LogP contribution in [0.25, 0.3) is 0 Å². The Morgan fingerprint density at radius 2 is 1.79 bits per heavy atom. The molecule has 1 aromatic carbocycles. The zero-order valence-electron chi connectivity index (χ0n) is 17.5. The van der Waals surface area contributed by atoms with Gasteiger partial charge < -0.3 is 20.3 Å². The highest BCUT2D eigenvalue weighted by Gasteiger charge is 2.24. The summed E-state index contributed by atoms with van der Waals surface area (Å²) in [4.78, 5) is 27.6. The molecule has 1 aliphatic heterocycles. The van der Waals surface area contributed by atoms with Crippen molar-refractivity contribution in [2.75, 3.05) is 32.8 Å². The Labute approximate surface area is 169 Å². The molecule has 0 spiro atoms. The van der Waals surface area contributed by atoms with Crippen molar-refractivity contribution in [1.82, 2.24) is 15.5 Å². The summed E-state index contributed by atoms with van der Waals surface area (Å²) in [5, 5.41) is 5.86. The number of amides is 2. The Bertz CT molecular complexity index is 610. The molecule has 6 nitrogen and oxygen atoms in total. The van der Waals surface area contributed by atoms with Gasteiger partial charge in [-0.15, -0.1) is 0 Å². The van der Waals surface area contributed by atoms with Crippen molar-refractivity contribution in [3.05, 3.63) is 29.8 Å². The summed E-state index contributed by atoms with van der Waals surface area (Å²) >= 11 is 0. The summed E-state index contributed by atoms with van der Waals surface area (Å²) in [6.07, 6.45) is 4.82. The van der Waals surface area contributed by atoms with Crippen LogP contribution in [0.3, 0.4) is 0 Å². The topological polar surface area (TPSA) is 70.7 Å². The molecule has 2 N–H and O–H groups in total. The molecule has 0 bridgehead atoms. The van der Waals surface area contributed by atoms with Crippen LogP contribution in [-0.4, -0.2) is 55.5 Å². The molecule has 1 aliphatic rings. The van der Waals surface area contributed by atoms with E-state index in [4.69, 9.17) is 4.74 Å². The van der Waals surface area contributed by atoms with E-state index >= 15 is 0 Å². The quantitative estimate of drug-likeness (QED) is 0.604. The highest BCUT2D eigenvalue weighted by atomic mass is 16.5. The minimum Gasteiger partial charge on any atom is -0.494 e. The Kier molecular flexibility index (Phi) is 9.28. The third-order valence-electron chi connectivity index (χ3n) is 5.06. The van der Waals surface area contributed by atoms with Crippen LogP contribution in [0.2, 0.25) is 0 Å². The maximum Gasteiger partial charge on any atom is 0.251 e. The van der Waals surface area contributed by atoms with Crippen LogP contribution in [0, 0.1) is 5.92 Å². The summed E-state index contributed by atoms with van der Waals surface area (Å²) in [5.41, 5.74) is 0.520. The number of ether oxygens (including phenoxy) is 1. The number of hydrogen-bond acceptors (Lipinski definition) is 4. The molecule has 0 aromatic heterocycles. The zero-order valence-corrected chi connectivity index (χ0v) is 17.5. The normalized spacial score (nSPS) is 15.9. The lowest BCUT2D eigenvalue weighted by molar-refractivity contribution is -0.123. The number of nitrogens with zero attached hydrogens (tertiary/aromatic N) is 1. The first-order valence-corrected chi connectivity index (χ1v) is 10.5. The summed E-state index contributed by atoms with van der Waals surface area (Å²) in [7, 11) is 0. The Morgan fingerprint density at radius 1 is 1.11 bits per heavy atom. The summed E-state index contributed by atoms with van der Waals surface area (Å²) < 4.78 is 5.40. The Morgan fingerprint density at radius 3 is 2.39 bits per heavy atom. The number of carbonyl (C=O) groups is 2. The average molecular weight is 390 g/mol. The molecule has 1 unspecified atom stereocenters. The molecule has 1 heterocycles. The first-order chi connectivity index (χ1) is 13.5. The summed E-state index contributed by atoms with van der Waals surface area (Å²) in [5.74, 6) is 0.373. The number of benzene rings is 1. The summed E-state index contributed by atoms with van der Waals surface area (Å²) in [6, 6.07) is 6.42. The van der Waals surface area contributed by atoms with Crippen molar-refractivity contribution >= 4 is 11.8 Å². The van der Waals surface area contributed by atoms with E-state index in [2.05, 4.69) is 15.5 Å². The molecule has 1 aromatic rings. The SMILES string of the molecule is CCOc1ccc(C(=O)NC(C(=O)NCCCN2CCCCC2)C(C)C)cc1. The van der Waals surface area contributed by atoms with E-state index in [1.807, 2.05) is 20.8 Å². The molecule has 0 aliphatic carbocycles. The van der Waals surface area contributed by atoms with Crippen LogP contribution in [0.4, 0.5) is 0 Å². The van der Waals surface area contributed by atoms with Crippen molar-refractivity contribution in [1.29, 1.82) is 0 Å². The van der Waals surface area contributed by atoms with Crippen molar-refractivity contribution in [3.63, 3.8) is 0 Å². The average Bonchev–Trinajstić information content (AvgIpc) is 2.70. The van der Waals surface area contributed by atoms with Crippen LogP contribution in [0.1, 0.15) is 56.8 Å². The lowest BCUT2D eigenvalue weighted by atomic mass is 10.0. The van der Waals surface area contributed by atoms with Gasteiger partial charge in [0.25, 0.3) is 5.91 Å². The molecule has 6 heteroatoms. The smallest absolute Gasteiger partial charge is 0.251 e. The van der Waals surface area contributed by atoms with Gasteiger partial charge >= 0.3 is 0 Å². The summed E-state index contributed by atoms with van der Waals surface area (Å²) in [6.45, 7) is 10.4. The number of rotatable bonds is 10. The second-order valence-electron chi connectivity index (χ2n) is 7.70. The highest BCUT2D eigenvalue weighted by Crippen LogP contribution is 2.13. The van der Waals surface area contributed by atoms with Crippen molar-refractivity contribution in [2.24, 2.45) is 5.92 Å². The molecule has 0 radical (unpaired) electrons. The fourth-order valence-electron chi connectivity index (χ4n) is 3.44. The van der Waals surface area contributed by atoms with Crippen molar-refractivity contribution < 1.29 is 14.3 Å². The van der Waals surface area contributed by atoms with Gasteiger partial charge in [-0.1, -0.05) is 20.3 Å². The molecular formula is C22H35N3O3. The van der Waals surface area contributed by atoms with Gasteiger partial charge in [0.1, 0.15) is 11.8 Å². The fourth-order valence-corrected chi connectivity index (χ4v) is 3.44. The second kappa shape index (κ2) is 11.7. The van der Waals surface area contributed by atoms with Crippen molar-refractivity contribution in [2.45, 2.75) is 52.5 Å². The van der Waals surface area contributed by atoms with Gasteiger partial charge in [-0.25, -0.2) is 0 Å². The van der Waals surface area contributed by atoms with Crippen molar-refractivity contribution in [3.8, 4) is 5.75 Å². The van der Waals surface area contributed by atoms with E-state index < -0.39 is 6.04 Å². The van der Waals surface area contributed by atoms with Gasteiger partial charge in [-0.3, -0.25) is 9.59 Å². The van der Waals surface area contributed by atoms with Gasteiger partial charge in [0.05, 0.1) is 6.61 Å². The standard InChI is InChI=1S/C22H35N3O3/c1-4-28-19-11-9-18(10-12-19)21(26)24-20(17(2)3)22(27)23-13-8-16-25-14-6-5-7-15-25/h9-12,17,20H,4-8,13-16H2,1-3H3,(H,23,27)(H,24,26). The zero-order chi connectivity index (χ0) is 20.4. The van der Waals surface area contributed by atoms with Gasteiger partial charge in [-0.05, 0) is 76.0 Å². The molecule has 156 valence electrons. The molecular weight excluding hydrogens is 354 g/mol. The Hall–Kier alpha value is -2.08. The van der Waals surface area contributed by atoms with Gasteiger partial charge in [0.15, 0.2) is 0 Å². The minimum absolute atomic E-state index is 0.00809. The third-order valence-corrected chi connectivity index (χ3v) is 5.06. The molecule has 1 atom stereocenters. The minimum atomic E-state index is -0.547. The predicted octanol–water partition coefficient (Wildman–Crippen LogP) is 2.83. The fraction of sp³-hybridized carbons (Fsp3) is 0.636. The number of piperidine rings is 1. The molecule has 2 amide bonds. The van der Waals surface area contributed by atoms with E-state index in [9.17, 15) is 9.59 Å². The molecule has 1 fully saturated rings. The molecule has 28 heavy (non-hydrogen) atoms. The van der Waals surface area contributed by atoms with Crippen LogP contribution >= 0.6 is 0 Å². The lowest BCUT2D eigenvalue weighted by Crippen LogP contribution is -2.50. The first-order valence-electron chi connectivity index (χ1n) is 10.5. The molecule has 2 rings (SSSR count). The van der Waals surface area contributed by atoms with E-state index in [1.165, 1.54) is 32.4 Å². The van der Waals surface area contributed by atoms with E-state index in [-0.39, 0.29) is 17.7 Å². The number of carbonyl (C=O) groups excluding carboxylic acids is 2. The van der Waals surface area contributed by atoms with Gasteiger partial charge in [-0.2, -0.15) is 0 Å². The van der Waals surface area contributed by atoms with E-state index in [1.54, 1.807) is 24.3 Å². The maximum atomic E-state index is 12.6. The second-order valence-corrected chi connectivity index (χ2v) is 7.70. The van der Waals surface area contributed by atoms with E-state index in [0.717, 1.165) is 18.7 Å². The lowest BCUT2D eigenvalue weighted by Gasteiger charge is -2.26. The Balaban J connectivity index is 1.80. The molecule has 0 saturated carbocycles. The first kappa shape index (κ1) is 22.2. The largest absolute Gasteiger partial charge is 0.494 e. The predicted molar refractivity (Wildman–Crippen MR) is 112 cm³/mol. The maximum absolute atomic E-state index is 12.6. The van der Waals surface area contributed by atoms with Crippen LogP contribution in [0.15, 0.2) is 24.3 Å². The van der Waals surface area contributed by atoms with Crippen LogP contribution < -0.4 is 15.4 Å². The molecule has 1 saturated heterocycles. The van der Waals surface area contributed by atoms with Gasteiger partial charge in [0, 0.05) is 12.1 Å². The monoisotopic (exact) mass is 389 g/mol. The number of likely N-dealkylation sites (tertiary alicyclic amines) is 1. The number of hydrogen-bond donors (Lipinski definition) is 2. The van der Waals surface area contributed by atoms with E-state index in [0.29, 0.717) is 18.7 Å². The van der Waals surface area contributed by atoms with Crippen LogP contribution in [0.5, 0.6) is 5.75 Å². The number of nitrogens with one attached hydrogen (secondary N) is 2. The van der Waals surface area contributed by atoms with Crippen LogP contribution in [-0.2, 0) is 4.79 Å². The third kappa shape index (κ3) is 7.15. The highest BCUT2D eigenvalue weighted by molar-refractivity contribution is 5.97. The van der Waals surface area contributed by atoms with Gasteiger partial charge in [0.2, 0.25) is 5.91 Å².